The van der Waals surface area contributed by atoms with Gasteiger partial charge in [0.1, 0.15) is 23.7 Å². The van der Waals surface area contributed by atoms with E-state index in [4.69, 9.17) is 0 Å². The summed E-state index contributed by atoms with van der Waals surface area (Å²) in [6.45, 7) is 2.62. The molecule has 2 N–H and O–H groups in total. The predicted octanol–water partition coefficient (Wildman–Crippen LogP) is 0.900. The van der Waals surface area contributed by atoms with E-state index in [2.05, 4.69) is 15.4 Å². The molecule has 0 aliphatic carbocycles. The van der Waals surface area contributed by atoms with Crippen LogP contribution in [0.4, 0.5) is 4.39 Å². The summed E-state index contributed by atoms with van der Waals surface area (Å²) in [6.07, 6.45) is 0.221. The topological polar surface area (TPSA) is 102 Å². The van der Waals surface area contributed by atoms with Gasteiger partial charge in [-0.15, -0.1) is 0 Å². The molecule has 0 saturated carbocycles. The van der Waals surface area contributed by atoms with Gasteiger partial charge in [-0.2, -0.15) is 0 Å². The Morgan fingerprint density at radius 1 is 1.12 bits per heavy atom. The number of hydrogen-bond donors (Lipinski definition) is 2. The van der Waals surface area contributed by atoms with Crippen molar-refractivity contribution in [1.82, 2.24) is 10.6 Å². The van der Waals surface area contributed by atoms with E-state index in [-0.39, 0.29) is 25.0 Å². The maximum Gasteiger partial charge on any atom is 0.328 e. The molecule has 7 nitrogen and oxygen atoms in total. The van der Waals surface area contributed by atoms with Crippen LogP contribution in [0.25, 0.3) is 0 Å². The lowest BCUT2D eigenvalue weighted by molar-refractivity contribution is -0.145. The smallest absolute Gasteiger partial charge is 0.328 e. The molecule has 8 heteroatoms. The number of nitrogens with one attached hydrogen (secondary N) is 2. The van der Waals surface area contributed by atoms with Gasteiger partial charge in [0.05, 0.1) is 7.11 Å². The van der Waals surface area contributed by atoms with Gasteiger partial charge in [-0.25, -0.2) is 9.18 Å². The van der Waals surface area contributed by atoms with Gasteiger partial charge in [0.2, 0.25) is 11.8 Å². The third kappa shape index (κ3) is 7.42. The van der Waals surface area contributed by atoms with Crippen LogP contribution in [0.15, 0.2) is 24.3 Å². The van der Waals surface area contributed by atoms with Gasteiger partial charge in [0.25, 0.3) is 0 Å². The number of esters is 1. The highest BCUT2D eigenvalue weighted by atomic mass is 19.1. The van der Waals surface area contributed by atoms with Gasteiger partial charge >= 0.3 is 5.97 Å². The Labute approximate surface area is 151 Å². The third-order valence-corrected chi connectivity index (χ3v) is 3.61. The van der Waals surface area contributed by atoms with E-state index in [1.165, 1.54) is 39.2 Å². The van der Waals surface area contributed by atoms with Gasteiger partial charge < -0.3 is 20.2 Å². The number of benzene rings is 1. The summed E-state index contributed by atoms with van der Waals surface area (Å²) in [4.78, 5) is 46.9. The van der Waals surface area contributed by atoms with E-state index in [1.54, 1.807) is 6.07 Å². The zero-order valence-electron chi connectivity index (χ0n) is 15.0. The summed E-state index contributed by atoms with van der Waals surface area (Å²) in [7, 11) is 1.17. The van der Waals surface area contributed by atoms with Crippen molar-refractivity contribution in [2.45, 2.75) is 45.2 Å². The number of methoxy groups -OCH3 is 1. The molecule has 142 valence electrons. The number of carbonyl (C=O) groups is 4. The second-order valence-corrected chi connectivity index (χ2v) is 5.91. The van der Waals surface area contributed by atoms with Crippen molar-refractivity contribution >= 4 is 23.6 Å². The number of ether oxygens (including phenoxy) is 1. The lowest BCUT2D eigenvalue weighted by Gasteiger charge is -2.22. The van der Waals surface area contributed by atoms with E-state index in [1.807, 2.05) is 0 Å². The second kappa shape index (κ2) is 10.3. The van der Waals surface area contributed by atoms with Gasteiger partial charge in [0.15, 0.2) is 0 Å². The van der Waals surface area contributed by atoms with Gasteiger partial charge in [-0.3, -0.25) is 9.59 Å². The maximum absolute atomic E-state index is 13.3. The molecule has 0 fully saturated rings. The fraction of sp³-hybridized carbons (Fsp3) is 0.444. The average Bonchev–Trinajstić information content (AvgIpc) is 2.56. The summed E-state index contributed by atoms with van der Waals surface area (Å²) in [5.74, 6) is -2.35. The summed E-state index contributed by atoms with van der Waals surface area (Å²) < 4.78 is 18.0. The van der Waals surface area contributed by atoms with Crippen LogP contribution in [0.3, 0.4) is 0 Å². The third-order valence-electron chi connectivity index (χ3n) is 3.61. The summed E-state index contributed by atoms with van der Waals surface area (Å²) >= 11 is 0. The highest BCUT2D eigenvalue weighted by molar-refractivity contribution is 5.90. The molecule has 0 bridgehead atoms. The van der Waals surface area contributed by atoms with Crippen LogP contribution in [0.5, 0.6) is 0 Å². The van der Waals surface area contributed by atoms with Crippen LogP contribution in [-0.4, -0.2) is 42.8 Å². The van der Waals surface area contributed by atoms with Gasteiger partial charge in [-0.1, -0.05) is 12.1 Å². The number of rotatable bonds is 9. The minimum Gasteiger partial charge on any atom is -0.467 e. The fourth-order valence-electron chi connectivity index (χ4n) is 2.37. The number of ketones is 1. The summed E-state index contributed by atoms with van der Waals surface area (Å²) in [6, 6.07) is 3.64. The number of hydrogen-bond acceptors (Lipinski definition) is 5. The molecule has 0 aliphatic rings. The molecule has 0 saturated heterocycles. The van der Waals surface area contributed by atoms with Crippen molar-refractivity contribution in [3.8, 4) is 0 Å². The maximum atomic E-state index is 13.3. The first-order valence-corrected chi connectivity index (χ1v) is 8.12. The average molecular weight is 366 g/mol. The molecule has 0 heterocycles. The van der Waals surface area contributed by atoms with Crippen molar-refractivity contribution in [2.75, 3.05) is 7.11 Å². The zero-order chi connectivity index (χ0) is 19.7. The number of halogens is 1. The Bertz CT molecular complexity index is 677. The Kier molecular flexibility index (Phi) is 8.41. The molecule has 2 atom stereocenters. The fourth-order valence-corrected chi connectivity index (χ4v) is 2.37. The van der Waals surface area contributed by atoms with Crippen LogP contribution in [0, 0.1) is 5.82 Å². The molecule has 2 amide bonds. The molecule has 26 heavy (non-hydrogen) atoms. The van der Waals surface area contributed by atoms with Crippen LogP contribution in [-0.2, 0) is 30.3 Å². The predicted molar refractivity (Wildman–Crippen MR) is 91.6 cm³/mol. The van der Waals surface area contributed by atoms with E-state index < -0.39 is 35.7 Å². The Balaban J connectivity index is 2.89. The SMILES string of the molecule is COC(=O)[C@H](CCC(C)=O)NC(=O)[C@@H](Cc1cccc(F)c1)NC(C)=O. The van der Waals surface area contributed by atoms with E-state index >= 15 is 0 Å². The molecule has 1 rings (SSSR count). The van der Waals surface area contributed by atoms with Crippen molar-refractivity contribution in [3.63, 3.8) is 0 Å². The van der Waals surface area contributed by atoms with E-state index in [0.717, 1.165) is 0 Å². The monoisotopic (exact) mass is 366 g/mol. The first-order chi connectivity index (χ1) is 12.2. The molecule has 0 radical (unpaired) electrons. The molecule has 1 aromatic rings. The molecular weight excluding hydrogens is 343 g/mol. The minimum absolute atomic E-state index is 0.0454. The van der Waals surface area contributed by atoms with E-state index in [0.29, 0.717) is 5.56 Å². The van der Waals surface area contributed by atoms with Gasteiger partial charge in [0, 0.05) is 19.8 Å². The molecule has 1 aromatic carbocycles. The van der Waals surface area contributed by atoms with E-state index in [9.17, 15) is 23.6 Å². The minimum atomic E-state index is -1.01. The van der Waals surface area contributed by atoms with Crippen molar-refractivity contribution in [1.29, 1.82) is 0 Å². The molecule has 0 aliphatic heterocycles. The molecular formula is C18H23FN2O5. The highest BCUT2D eigenvalue weighted by Gasteiger charge is 2.27. The molecule has 0 aromatic heterocycles. The van der Waals surface area contributed by atoms with Crippen molar-refractivity contribution in [2.24, 2.45) is 0 Å². The standard InChI is InChI=1S/C18H23FN2O5/c1-11(22)7-8-15(18(25)26-3)21-17(24)16(20-12(2)23)10-13-5-4-6-14(19)9-13/h4-6,9,15-16H,7-8,10H2,1-3H3,(H,20,23)(H,21,24)/t15-,16+/m0/s1. The Hall–Kier alpha value is -2.77. The first kappa shape index (κ1) is 21.3. The Morgan fingerprint density at radius 2 is 1.81 bits per heavy atom. The van der Waals surface area contributed by atoms with Crippen LogP contribution in [0.1, 0.15) is 32.3 Å². The largest absolute Gasteiger partial charge is 0.467 e. The van der Waals surface area contributed by atoms with Gasteiger partial charge in [-0.05, 0) is 31.0 Å². The van der Waals surface area contributed by atoms with Crippen LogP contribution in [0.2, 0.25) is 0 Å². The lowest BCUT2D eigenvalue weighted by atomic mass is 10.0. The van der Waals surface area contributed by atoms with Crippen LogP contribution >= 0.6 is 0 Å². The molecule has 0 spiro atoms. The summed E-state index contributed by atoms with van der Waals surface area (Å²) in [5, 5.41) is 4.97. The quantitative estimate of drug-likeness (QED) is 0.633. The Morgan fingerprint density at radius 3 is 2.35 bits per heavy atom. The number of Topliss-reactive ketones (excluding diaryl/α,β-unsaturated/α-hetero) is 1. The summed E-state index contributed by atoms with van der Waals surface area (Å²) in [5.41, 5.74) is 0.511. The highest BCUT2D eigenvalue weighted by Crippen LogP contribution is 2.08. The molecule has 0 unspecified atom stereocenters. The number of amides is 2. The lowest BCUT2D eigenvalue weighted by Crippen LogP contribution is -2.52. The first-order valence-electron chi connectivity index (χ1n) is 8.12. The van der Waals surface area contributed by atoms with Crippen molar-refractivity contribution in [3.05, 3.63) is 35.6 Å². The van der Waals surface area contributed by atoms with Crippen molar-refractivity contribution < 1.29 is 28.3 Å². The zero-order valence-corrected chi connectivity index (χ0v) is 15.0. The normalized spacial score (nSPS) is 12.6. The second-order valence-electron chi connectivity index (χ2n) is 5.91. The van der Waals surface area contributed by atoms with Crippen LogP contribution < -0.4 is 10.6 Å². The number of carbonyl (C=O) groups excluding carboxylic acids is 4.